The molecule has 0 radical (unpaired) electrons. The van der Waals surface area contributed by atoms with Gasteiger partial charge in [-0.1, -0.05) is 30.3 Å². The Morgan fingerprint density at radius 3 is 2.86 bits per heavy atom. The summed E-state index contributed by atoms with van der Waals surface area (Å²) in [6.45, 7) is 3.29. The molecule has 4 rings (SSSR count). The average molecular weight is 396 g/mol. The maximum absolute atomic E-state index is 12.3. The van der Waals surface area contributed by atoms with E-state index < -0.39 is 0 Å². The molecule has 0 bridgehead atoms. The van der Waals surface area contributed by atoms with E-state index >= 15 is 0 Å². The Hall–Kier alpha value is -2.44. The lowest BCUT2D eigenvalue weighted by atomic mass is 9.99. The third kappa shape index (κ3) is 4.88. The topological polar surface area (TPSA) is 54.5 Å². The van der Waals surface area contributed by atoms with Crippen molar-refractivity contribution in [3.05, 3.63) is 59.6 Å². The molecule has 2 aromatic carbocycles. The number of hydrogen-bond acceptors (Lipinski definition) is 5. The van der Waals surface area contributed by atoms with Crippen LogP contribution < -0.4 is 10.1 Å². The predicted octanol–water partition coefficient (Wildman–Crippen LogP) is 3.67. The zero-order chi connectivity index (χ0) is 19.2. The van der Waals surface area contributed by atoms with E-state index in [-0.39, 0.29) is 5.91 Å². The monoisotopic (exact) mass is 395 g/mol. The van der Waals surface area contributed by atoms with Crippen molar-refractivity contribution < 1.29 is 9.53 Å². The molecule has 28 heavy (non-hydrogen) atoms. The fourth-order valence-electron chi connectivity index (χ4n) is 3.60. The molecule has 0 saturated carbocycles. The summed E-state index contributed by atoms with van der Waals surface area (Å²) in [5, 5.41) is 4.15. The van der Waals surface area contributed by atoms with Crippen LogP contribution in [0.15, 0.2) is 54.6 Å². The van der Waals surface area contributed by atoms with E-state index in [4.69, 9.17) is 9.72 Å². The molecule has 1 saturated heterocycles. The van der Waals surface area contributed by atoms with Gasteiger partial charge in [0.25, 0.3) is 0 Å². The SMILES string of the molecule is O=C(CN1CCC[C@H](c2nc3ccccc3s2)C1)NCCOc1ccccc1. The first-order valence-corrected chi connectivity index (χ1v) is 10.6. The van der Waals surface area contributed by atoms with Gasteiger partial charge in [0.05, 0.1) is 28.3 Å². The van der Waals surface area contributed by atoms with Crippen molar-refractivity contribution >= 4 is 27.5 Å². The molecule has 1 aliphatic rings. The van der Waals surface area contributed by atoms with Gasteiger partial charge in [0.2, 0.25) is 5.91 Å². The predicted molar refractivity (Wildman–Crippen MR) is 113 cm³/mol. The fourth-order valence-corrected chi connectivity index (χ4v) is 4.69. The van der Waals surface area contributed by atoms with Gasteiger partial charge in [-0.05, 0) is 43.7 Å². The van der Waals surface area contributed by atoms with Crippen LogP contribution >= 0.6 is 11.3 Å². The Morgan fingerprint density at radius 2 is 2.00 bits per heavy atom. The Kier molecular flexibility index (Phi) is 6.19. The molecule has 0 unspecified atom stereocenters. The number of fused-ring (bicyclic) bond motifs is 1. The smallest absolute Gasteiger partial charge is 0.234 e. The summed E-state index contributed by atoms with van der Waals surface area (Å²) >= 11 is 1.78. The number of thiazole rings is 1. The summed E-state index contributed by atoms with van der Waals surface area (Å²) in [5.74, 6) is 1.30. The zero-order valence-corrected chi connectivity index (χ0v) is 16.7. The van der Waals surface area contributed by atoms with Crippen LogP contribution in [0.2, 0.25) is 0 Å². The maximum Gasteiger partial charge on any atom is 0.234 e. The lowest BCUT2D eigenvalue weighted by molar-refractivity contribution is -0.122. The second-order valence-corrected chi connectivity index (χ2v) is 8.17. The number of piperidine rings is 1. The summed E-state index contributed by atoms with van der Waals surface area (Å²) in [5.41, 5.74) is 1.08. The van der Waals surface area contributed by atoms with Crippen LogP contribution in [-0.2, 0) is 4.79 Å². The molecule has 1 N–H and O–H groups in total. The normalized spacial score (nSPS) is 17.5. The van der Waals surface area contributed by atoms with Crippen LogP contribution in [0.4, 0.5) is 0 Å². The summed E-state index contributed by atoms with van der Waals surface area (Å²) in [7, 11) is 0. The summed E-state index contributed by atoms with van der Waals surface area (Å²) in [6, 6.07) is 17.9. The molecule has 1 aliphatic heterocycles. The molecular weight excluding hydrogens is 370 g/mol. The molecule has 1 atom stereocenters. The molecule has 6 heteroatoms. The summed E-state index contributed by atoms with van der Waals surface area (Å²) < 4.78 is 6.86. The van der Waals surface area contributed by atoms with Gasteiger partial charge in [0, 0.05) is 12.5 Å². The highest BCUT2D eigenvalue weighted by Gasteiger charge is 2.25. The van der Waals surface area contributed by atoms with Crippen molar-refractivity contribution in [1.82, 2.24) is 15.2 Å². The van der Waals surface area contributed by atoms with Crippen molar-refractivity contribution in [3.63, 3.8) is 0 Å². The molecule has 0 spiro atoms. The number of benzene rings is 2. The number of amides is 1. The first-order chi connectivity index (χ1) is 13.8. The standard InChI is InChI=1S/C22H25N3O2S/c26-21(23-12-14-27-18-8-2-1-3-9-18)16-25-13-6-7-17(15-25)22-24-19-10-4-5-11-20(19)28-22/h1-5,8-11,17H,6-7,12-16H2,(H,23,26)/t17-/m0/s1. The number of nitrogens with zero attached hydrogens (tertiary/aromatic N) is 2. The van der Waals surface area contributed by atoms with Gasteiger partial charge in [0.1, 0.15) is 12.4 Å². The second-order valence-electron chi connectivity index (χ2n) is 7.11. The molecule has 146 valence electrons. The minimum atomic E-state index is 0.0570. The molecular formula is C22H25N3O2S. The van der Waals surface area contributed by atoms with E-state index in [1.165, 1.54) is 9.71 Å². The zero-order valence-electron chi connectivity index (χ0n) is 15.8. The summed E-state index contributed by atoms with van der Waals surface area (Å²) in [6.07, 6.45) is 2.24. The van der Waals surface area contributed by atoms with Gasteiger partial charge in [-0.3, -0.25) is 9.69 Å². The van der Waals surface area contributed by atoms with E-state index in [0.717, 1.165) is 37.2 Å². The number of hydrogen-bond donors (Lipinski definition) is 1. The number of ether oxygens (including phenoxy) is 1. The Bertz CT molecular complexity index is 879. The third-order valence-electron chi connectivity index (χ3n) is 4.97. The average Bonchev–Trinajstić information content (AvgIpc) is 3.17. The number of nitrogens with one attached hydrogen (secondary N) is 1. The highest BCUT2D eigenvalue weighted by molar-refractivity contribution is 7.18. The second kappa shape index (κ2) is 9.17. The van der Waals surface area contributed by atoms with Gasteiger partial charge in [-0.25, -0.2) is 4.98 Å². The van der Waals surface area contributed by atoms with E-state index in [1.807, 2.05) is 36.4 Å². The van der Waals surface area contributed by atoms with Crippen molar-refractivity contribution in [1.29, 1.82) is 0 Å². The molecule has 2 heterocycles. The summed E-state index contributed by atoms with van der Waals surface area (Å²) in [4.78, 5) is 19.3. The number of rotatable bonds is 7. The Morgan fingerprint density at radius 1 is 1.18 bits per heavy atom. The van der Waals surface area contributed by atoms with Crippen LogP contribution in [0.3, 0.4) is 0 Å². The molecule has 1 fully saturated rings. The molecule has 5 nitrogen and oxygen atoms in total. The van der Waals surface area contributed by atoms with Gasteiger partial charge >= 0.3 is 0 Å². The Labute approximate surface area is 169 Å². The molecule has 1 amide bonds. The van der Waals surface area contributed by atoms with Crippen molar-refractivity contribution in [2.45, 2.75) is 18.8 Å². The van der Waals surface area contributed by atoms with Crippen LogP contribution in [0.5, 0.6) is 5.75 Å². The first-order valence-electron chi connectivity index (χ1n) is 9.80. The van der Waals surface area contributed by atoms with Crippen LogP contribution in [0.1, 0.15) is 23.8 Å². The number of carbonyl (C=O) groups is 1. The van der Waals surface area contributed by atoms with Gasteiger partial charge in [-0.2, -0.15) is 0 Å². The molecule has 0 aliphatic carbocycles. The van der Waals surface area contributed by atoms with Crippen molar-refractivity contribution in [3.8, 4) is 5.75 Å². The first kappa shape index (κ1) is 18.9. The molecule has 3 aromatic rings. The van der Waals surface area contributed by atoms with Gasteiger partial charge in [0.15, 0.2) is 0 Å². The van der Waals surface area contributed by atoms with Crippen LogP contribution in [0.25, 0.3) is 10.2 Å². The minimum absolute atomic E-state index is 0.0570. The lowest BCUT2D eigenvalue weighted by Gasteiger charge is -2.31. The van der Waals surface area contributed by atoms with E-state index in [2.05, 4.69) is 28.4 Å². The molecule has 1 aromatic heterocycles. The number of para-hydroxylation sites is 2. The number of likely N-dealkylation sites (tertiary alicyclic amines) is 1. The number of aromatic nitrogens is 1. The van der Waals surface area contributed by atoms with Crippen LogP contribution in [0, 0.1) is 0 Å². The van der Waals surface area contributed by atoms with Crippen LogP contribution in [-0.4, -0.2) is 48.6 Å². The quantitative estimate of drug-likeness (QED) is 0.620. The van der Waals surface area contributed by atoms with Crippen molar-refractivity contribution in [2.75, 3.05) is 32.8 Å². The highest BCUT2D eigenvalue weighted by Crippen LogP contribution is 2.32. The fraction of sp³-hybridized carbons (Fsp3) is 0.364. The van der Waals surface area contributed by atoms with Gasteiger partial charge in [-0.15, -0.1) is 11.3 Å². The minimum Gasteiger partial charge on any atom is -0.492 e. The highest BCUT2D eigenvalue weighted by atomic mass is 32.1. The van der Waals surface area contributed by atoms with E-state index in [1.54, 1.807) is 11.3 Å². The number of carbonyl (C=O) groups excluding carboxylic acids is 1. The largest absolute Gasteiger partial charge is 0.492 e. The van der Waals surface area contributed by atoms with Crippen molar-refractivity contribution in [2.24, 2.45) is 0 Å². The maximum atomic E-state index is 12.3. The third-order valence-corrected chi connectivity index (χ3v) is 6.17. The Balaban J connectivity index is 1.23. The lowest BCUT2D eigenvalue weighted by Crippen LogP contribution is -2.42. The van der Waals surface area contributed by atoms with Gasteiger partial charge < -0.3 is 10.1 Å². The van der Waals surface area contributed by atoms with E-state index in [0.29, 0.717) is 25.6 Å². The van der Waals surface area contributed by atoms with E-state index in [9.17, 15) is 4.79 Å².